The van der Waals surface area contributed by atoms with Gasteiger partial charge in [-0.1, -0.05) is 170 Å². The van der Waals surface area contributed by atoms with E-state index in [1.165, 1.54) is 67.5 Å². The third-order valence-corrected chi connectivity index (χ3v) is 21.9. The van der Waals surface area contributed by atoms with Crippen molar-refractivity contribution in [2.45, 2.75) is 84.6 Å². The van der Waals surface area contributed by atoms with Crippen molar-refractivity contribution in [3.8, 4) is 0 Å². The van der Waals surface area contributed by atoms with Gasteiger partial charge in [-0.15, -0.1) is 19.7 Å². The summed E-state index contributed by atoms with van der Waals surface area (Å²) in [5.74, 6) is -2.92. The predicted octanol–water partition coefficient (Wildman–Crippen LogP) is 8.92. The molecule has 102 heavy (non-hydrogen) atoms. The Kier molecular flexibility index (Phi) is 25.1. The fourth-order valence-electron chi connectivity index (χ4n) is 13.0. The first-order valence-electron chi connectivity index (χ1n) is 32.7. The zero-order valence-electron chi connectivity index (χ0n) is 56.4. The van der Waals surface area contributed by atoms with E-state index in [0.717, 1.165) is 81.9 Å². The molecule has 3 heterocycles. The second-order valence-electron chi connectivity index (χ2n) is 24.2. The highest BCUT2D eigenvalue weighted by atomic mass is 32.2. The molecule has 1 N–H and O–H groups in total. The Balaban J connectivity index is 0.000000181. The number of benzene rings is 8. The maximum absolute atomic E-state index is 13.7. The highest BCUT2D eigenvalue weighted by molar-refractivity contribution is 7.89. The van der Waals surface area contributed by atoms with Crippen LogP contribution in [0.3, 0.4) is 0 Å². The van der Waals surface area contributed by atoms with Crippen LogP contribution in [0.1, 0.15) is 36.0 Å². The van der Waals surface area contributed by atoms with Crippen molar-refractivity contribution in [2.24, 2.45) is 0 Å². The number of nitro benzene ring substituents is 2. The molecule has 3 aliphatic heterocycles. The van der Waals surface area contributed by atoms with E-state index >= 15 is 0 Å². The fourth-order valence-corrected chi connectivity index (χ4v) is 16.5. The van der Waals surface area contributed by atoms with Gasteiger partial charge in [-0.2, -0.15) is 8.61 Å². The van der Waals surface area contributed by atoms with Gasteiger partial charge in [0, 0.05) is 70.7 Å². The number of piperazine rings is 3. The molecule has 0 saturated carbocycles. The molecule has 25 nitrogen and oxygen atoms in total. The van der Waals surface area contributed by atoms with Crippen molar-refractivity contribution >= 4 is 99.4 Å². The average Bonchev–Trinajstić information content (AvgIpc) is 0.762. The predicted molar refractivity (Wildman–Crippen MR) is 383 cm³/mol. The van der Waals surface area contributed by atoms with Crippen molar-refractivity contribution in [3.05, 3.63) is 251 Å². The van der Waals surface area contributed by atoms with E-state index in [0.29, 0.717) is 25.9 Å². The SMILES string of the molecule is C=CC[C@@H]1NCCN([C@@H](Cc2ccc3ccccc3c2)C(=O)OC)C1=O.C=CC[C@H]1C(=O)N([C@@H](Cc2ccc3ccccc3c2)C(=O)OC)CCN1S(=O)(=O)c1ccccc1[N+](=O)[O-].C=CC[C@H]1C(=O)N([C@@H](Cc2ccc3ccccc3c2)C(=O)OC)CCN1S(=O)(=O)c1ccccc1[N+](=O)[O-]. The summed E-state index contributed by atoms with van der Waals surface area (Å²) in [6.07, 6.45) is 5.76. The lowest BCUT2D eigenvalue weighted by atomic mass is 9.99. The lowest BCUT2D eigenvalue weighted by Crippen LogP contribution is -2.62. The number of ether oxygens (including phenoxy) is 3. The van der Waals surface area contributed by atoms with Crippen molar-refractivity contribution in [2.75, 3.05) is 60.6 Å². The Morgan fingerprint density at radius 3 is 1.10 bits per heavy atom. The number of methoxy groups -OCH3 is 3. The third kappa shape index (κ3) is 17.0. The Morgan fingerprint density at radius 2 is 0.775 bits per heavy atom. The molecule has 0 unspecified atom stereocenters. The minimum Gasteiger partial charge on any atom is -0.467 e. The molecule has 3 amide bonds. The zero-order valence-corrected chi connectivity index (χ0v) is 58.1. The van der Waals surface area contributed by atoms with E-state index in [9.17, 15) is 65.8 Å². The number of hydrogen-bond acceptors (Lipinski definition) is 18. The standard InChI is InChI=1S/2C27H27N3O7S.C21H24N2O3/c2*1-3-8-23-26(31)28(15-16-29(23)38(35,36)25-12-7-6-11-22(25)30(33)34)24(27(32)37-2)18-19-13-14-20-9-4-5-10-21(20)17-19;1-3-6-18-20(24)23(12-11-22-18)19(21(25)26-2)14-15-9-10-16-7-4-5-8-17(16)13-15/h2*3-7,9-14,17,23-24H,1,8,15-16,18H2,2H3;3-5,7-10,13,18-19,22H,1,6,11-12,14H2,2H3/t2*23-,24-;18-,19-/m000/s1. The first kappa shape index (κ1) is 75.4. The summed E-state index contributed by atoms with van der Waals surface area (Å²) in [6.45, 7) is 11.6. The van der Waals surface area contributed by atoms with Gasteiger partial charge < -0.3 is 34.2 Å². The van der Waals surface area contributed by atoms with E-state index < -0.39 is 105 Å². The van der Waals surface area contributed by atoms with Crippen LogP contribution in [0.25, 0.3) is 32.3 Å². The van der Waals surface area contributed by atoms with Crippen molar-refractivity contribution < 1.29 is 69.7 Å². The number of amides is 3. The Hall–Kier alpha value is -10.8. The molecule has 3 saturated heterocycles. The number of carbonyl (C=O) groups is 6. The van der Waals surface area contributed by atoms with E-state index in [4.69, 9.17) is 14.2 Å². The summed E-state index contributed by atoms with van der Waals surface area (Å²) >= 11 is 0. The molecule has 3 aliphatic rings. The highest BCUT2D eigenvalue weighted by Gasteiger charge is 2.48. The molecule has 3 fully saturated rings. The van der Waals surface area contributed by atoms with Gasteiger partial charge in [-0.3, -0.25) is 34.6 Å². The Bertz CT molecular complexity index is 4520. The molecule has 8 aromatic carbocycles. The molecule has 532 valence electrons. The van der Waals surface area contributed by atoms with E-state index in [1.807, 2.05) is 115 Å². The largest absolute Gasteiger partial charge is 0.467 e. The molecule has 6 atom stereocenters. The van der Waals surface area contributed by atoms with E-state index in [-0.39, 0.29) is 69.8 Å². The number of fused-ring (bicyclic) bond motifs is 3. The van der Waals surface area contributed by atoms with Crippen LogP contribution in [0, 0.1) is 20.2 Å². The summed E-state index contributed by atoms with van der Waals surface area (Å²) in [7, 11) is -5.01. The Labute approximate surface area is 590 Å². The summed E-state index contributed by atoms with van der Waals surface area (Å²) in [5.41, 5.74) is 1.46. The van der Waals surface area contributed by atoms with Crippen LogP contribution in [0.2, 0.25) is 0 Å². The van der Waals surface area contributed by atoms with Crippen molar-refractivity contribution in [3.63, 3.8) is 0 Å². The third-order valence-electron chi connectivity index (χ3n) is 18.0. The number of esters is 3. The smallest absolute Gasteiger partial charge is 0.328 e. The Morgan fingerprint density at radius 1 is 0.461 bits per heavy atom. The molecular formula is C75H78N8O17S2. The lowest BCUT2D eigenvalue weighted by molar-refractivity contribution is -0.388. The van der Waals surface area contributed by atoms with Gasteiger partial charge >= 0.3 is 17.9 Å². The second-order valence-corrected chi connectivity index (χ2v) is 27.9. The monoisotopic (exact) mass is 1430 g/mol. The summed E-state index contributed by atoms with van der Waals surface area (Å²) in [4.78, 5) is 103. The van der Waals surface area contributed by atoms with Crippen LogP contribution in [-0.4, -0.2) is 182 Å². The van der Waals surface area contributed by atoms with Gasteiger partial charge in [-0.05, 0) is 80.4 Å². The van der Waals surface area contributed by atoms with Crippen LogP contribution in [0.4, 0.5) is 11.4 Å². The van der Waals surface area contributed by atoms with Gasteiger partial charge in [-0.25, -0.2) is 31.2 Å². The number of nitrogens with zero attached hydrogens (tertiary/aromatic N) is 7. The molecule has 0 bridgehead atoms. The molecule has 0 spiro atoms. The lowest BCUT2D eigenvalue weighted by Gasteiger charge is -2.42. The summed E-state index contributed by atoms with van der Waals surface area (Å²) < 4.78 is 71.1. The topological polar surface area (TPSA) is 313 Å². The molecule has 0 aromatic heterocycles. The van der Waals surface area contributed by atoms with Crippen LogP contribution < -0.4 is 5.32 Å². The van der Waals surface area contributed by atoms with Gasteiger partial charge in [0.25, 0.3) is 31.4 Å². The number of carbonyl (C=O) groups excluding carboxylic acids is 6. The van der Waals surface area contributed by atoms with Crippen LogP contribution in [0.15, 0.2) is 224 Å². The van der Waals surface area contributed by atoms with Crippen LogP contribution in [-0.2, 0) is 82.3 Å². The number of nitro groups is 2. The maximum Gasteiger partial charge on any atom is 0.328 e. The second kappa shape index (κ2) is 34.0. The number of nitrogens with one attached hydrogen (secondary N) is 1. The molecule has 11 rings (SSSR count). The quantitative estimate of drug-likeness (QED) is 0.0194. The molecule has 27 heteroatoms. The van der Waals surface area contributed by atoms with Crippen molar-refractivity contribution in [1.82, 2.24) is 28.6 Å². The summed E-state index contributed by atoms with van der Waals surface area (Å²) in [6, 6.07) is 45.8. The fraction of sp³-hybridized carbons (Fsp3) is 0.280. The minimum atomic E-state index is -4.42. The number of para-hydroxylation sites is 2. The number of rotatable bonds is 24. The average molecular weight is 1430 g/mol. The zero-order chi connectivity index (χ0) is 73.4. The molecular weight excluding hydrogens is 1350 g/mol. The summed E-state index contributed by atoms with van der Waals surface area (Å²) in [5, 5.41) is 32.5. The van der Waals surface area contributed by atoms with Crippen LogP contribution >= 0.6 is 0 Å². The van der Waals surface area contributed by atoms with Gasteiger partial charge in [0.15, 0.2) is 9.79 Å². The normalized spacial score (nSPS) is 17.6. The van der Waals surface area contributed by atoms with Gasteiger partial charge in [0.2, 0.25) is 17.7 Å². The minimum absolute atomic E-state index is 0.0426. The first-order valence-corrected chi connectivity index (χ1v) is 35.5. The van der Waals surface area contributed by atoms with Gasteiger partial charge in [0.1, 0.15) is 30.2 Å². The maximum atomic E-state index is 13.7. The molecule has 0 aliphatic carbocycles. The first-order chi connectivity index (χ1) is 49.0. The van der Waals surface area contributed by atoms with Crippen LogP contribution in [0.5, 0.6) is 0 Å². The van der Waals surface area contributed by atoms with E-state index in [2.05, 4.69) is 37.2 Å². The van der Waals surface area contributed by atoms with Crippen molar-refractivity contribution in [1.29, 1.82) is 0 Å². The molecule has 8 aromatic rings. The highest BCUT2D eigenvalue weighted by Crippen LogP contribution is 2.34. The number of hydrogen-bond donors (Lipinski definition) is 1. The number of sulfonamides is 2. The molecule has 0 radical (unpaired) electrons. The van der Waals surface area contributed by atoms with Gasteiger partial charge in [0.05, 0.1) is 37.2 Å². The van der Waals surface area contributed by atoms with E-state index in [1.54, 1.807) is 11.0 Å².